The Morgan fingerprint density at radius 3 is 2.59 bits per heavy atom. The van der Waals surface area contributed by atoms with E-state index >= 15 is 0 Å². The SMILES string of the molecule is CN(C)CCSCC(=O)c1ccc(O)c(O)c1. The van der Waals surface area contributed by atoms with Gasteiger partial charge in [0.25, 0.3) is 0 Å². The molecule has 0 aliphatic rings. The summed E-state index contributed by atoms with van der Waals surface area (Å²) >= 11 is 1.56. The zero-order valence-electron chi connectivity index (χ0n) is 10.0. The molecule has 17 heavy (non-hydrogen) atoms. The van der Waals surface area contributed by atoms with Gasteiger partial charge in [-0.15, -0.1) is 0 Å². The topological polar surface area (TPSA) is 60.8 Å². The van der Waals surface area contributed by atoms with Gasteiger partial charge < -0.3 is 15.1 Å². The Morgan fingerprint density at radius 2 is 2.00 bits per heavy atom. The fraction of sp³-hybridized carbons (Fsp3) is 0.417. The fourth-order valence-electron chi connectivity index (χ4n) is 1.19. The molecular formula is C12H17NO3S. The Morgan fingerprint density at radius 1 is 1.29 bits per heavy atom. The third-order valence-corrected chi connectivity index (χ3v) is 3.15. The summed E-state index contributed by atoms with van der Waals surface area (Å²) in [5, 5.41) is 18.4. The molecule has 0 fully saturated rings. The fourth-order valence-corrected chi connectivity index (χ4v) is 2.18. The number of carbonyl (C=O) groups is 1. The molecule has 1 aromatic rings. The molecule has 0 saturated carbocycles. The van der Waals surface area contributed by atoms with Crippen LogP contribution in [0, 0.1) is 0 Å². The number of ketones is 1. The highest BCUT2D eigenvalue weighted by atomic mass is 32.2. The first-order valence-electron chi connectivity index (χ1n) is 5.28. The summed E-state index contributed by atoms with van der Waals surface area (Å²) in [6, 6.07) is 4.14. The van der Waals surface area contributed by atoms with Crippen LogP contribution in [0.1, 0.15) is 10.4 Å². The number of hydrogen-bond acceptors (Lipinski definition) is 5. The Balaban J connectivity index is 2.44. The van der Waals surface area contributed by atoms with Crippen molar-refractivity contribution in [1.82, 2.24) is 4.90 Å². The van der Waals surface area contributed by atoms with E-state index in [0.717, 1.165) is 12.3 Å². The third kappa shape index (κ3) is 4.66. The van der Waals surface area contributed by atoms with Gasteiger partial charge in [-0.3, -0.25) is 4.79 Å². The maximum atomic E-state index is 11.7. The second-order valence-electron chi connectivity index (χ2n) is 3.98. The van der Waals surface area contributed by atoms with E-state index in [1.807, 2.05) is 14.1 Å². The number of thioether (sulfide) groups is 1. The molecule has 94 valence electrons. The van der Waals surface area contributed by atoms with Gasteiger partial charge in [-0.05, 0) is 32.3 Å². The van der Waals surface area contributed by atoms with Gasteiger partial charge in [0.1, 0.15) is 0 Å². The first kappa shape index (κ1) is 13.9. The number of rotatable bonds is 6. The molecule has 2 N–H and O–H groups in total. The number of benzene rings is 1. The van der Waals surface area contributed by atoms with Gasteiger partial charge in [0, 0.05) is 17.9 Å². The van der Waals surface area contributed by atoms with Crippen molar-refractivity contribution >= 4 is 17.5 Å². The van der Waals surface area contributed by atoms with E-state index in [-0.39, 0.29) is 17.3 Å². The van der Waals surface area contributed by atoms with Crippen molar-refractivity contribution in [3.05, 3.63) is 23.8 Å². The minimum atomic E-state index is -0.255. The summed E-state index contributed by atoms with van der Waals surface area (Å²) < 4.78 is 0. The molecule has 4 nitrogen and oxygen atoms in total. The monoisotopic (exact) mass is 255 g/mol. The summed E-state index contributed by atoms with van der Waals surface area (Å²) in [6.07, 6.45) is 0. The number of carbonyl (C=O) groups excluding carboxylic acids is 1. The van der Waals surface area contributed by atoms with Crippen LogP contribution >= 0.6 is 11.8 Å². The summed E-state index contributed by atoms with van der Waals surface area (Å²) in [5.74, 6) is 0.779. The van der Waals surface area contributed by atoms with Crippen molar-refractivity contribution in [1.29, 1.82) is 0 Å². The lowest BCUT2D eigenvalue weighted by atomic mass is 10.1. The molecule has 0 unspecified atom stereocenters. The van der Waals surface area contributed by atoms with Crippen molar-refractivity contribution in [2.75, 3.05) is 32.1 Å². The zero-order chi connectivity index (χ0) is 12.8. The minimum Gasteiger partial charge on any atom is -0.504 e. The smallest absolute Gasteiger partial charge is 0.172 e. The van der Waals surface area contributed by atoms with Crippen LogP contribution in [-0.4, -0.2) is 53.0 Å². The summed E-state index contributed by atoms with van der Waals surface area (Å²) in [4.78, 5) is 13.8. The molecule has 0 atom stereocenters. The molecule has 1 aromatic carbocycles. The Labute approximate surface area is 105 Å². The molecule has 0 aromatic heterocycles. The van der Waals surface area contributed by atoms with Crippen LogP contribution in [0.2, 0.25) is 0 Å². The molecule has 0 heterocycles. The molecule has 0 amide bonds. The first-order valence-corrected chi connectivity index (χ1v) is 6.44. The van der Waals surface area contributed by atoms with E-state index < -0.39 is 0 Å². The van der Waals surface area contributed by atoms with Crippen LogP contribution in [0.4, 0.5) is 0 Å². The summed E-state index contributed by atoms with van der Waals surface area (Å²) in [7, 11) is 3.97. The van der Waals surface area contributed by atoms with Gasteiger partial charge in [0.2, 0.25) is 0 Å². The third-order valence-electron chi connectivity index (χ3n) is 2.21. The quantitative estimate of drug-likeness (QED) is 0.459. The lowest BCUT2D eigenvalue weighted by Crippen LogP contribution is -2.15. The molecular weight excluding hydrogens is 238 g/mol. The Bertz CT molecular complexity index is 393. The second-order valence-corrected chi connectivity index (χ2v) is 5.09. The van der Waals surface area contributed by atoms with Gasteiger partial charge in [0.15, 0.2) is 17.3 Å². The number of nitrogens with zero attached hydrogens (tertiary/aromatic N) is 1. The molecule has 0 aliphatic heterocycles. The Kier molecular flexibility index (Phi) is 5.31. The van der Waals surface area contributed by atoms with Gasteiger partial charge >= 0.3 is 0 Å². The van der Waals surface area contributed by atoms with Crippen LogP contribution in [0.3, 0.4) is 0 Å². The normalized spacial score (nSPS) is 10.8. The van der Waals surface area contributed by atoms with E-state index in [4.69, 9.17) is 5.11 Å². The maximum Gasteiger partial charge on any atom is 0.172 e. The average Bonchev–Trinajstić information content (AvgIpc) is 2.27. The van der Waals surface area contributed by atoms with E-state index in [9.17, 15) is 9.90 Å². The predicted octanol–water partition coefficient (Wildman–Crippen LogP) is 1.58. The van der Waals surface area contributed by atoms with Crippen molar-refractivity contribution in [3.8, 4) is 11.5 Å². The number of aromatic hydroxyl groups is 2. The van der Waals surface area contributed by atoms with E-state index in [1.54, 1.807) is 11.8 Å². The van der Waals surface area contributed by atoms with Crippen molar-refractivity contribution in [2.24, 2.45) is 0 Å². The molecule has 0 bridgehead atoms. The largest absolute Gasteiger partial charge is 0.504 e. The highest BCUT2D eigenvalue weighted by molar-refractivity contribution is 8.00. The maximum absolute atomic E-state index is 11.7. The number of Topliss-reactive ketones (excluding diaryl/α,β-unsaturated/α-hetero) is 1. The van der Waals surface area contributed by atoms with Crippen molar-refractivity contribution in [2.45, 2.75) is 0 Å². The number of phenolic OH excluding ortho intramolecular Hbond substituents is 2. The summed E-state index contributed by atoms with van der Waals surface area (Å²) in [5.41, 5.74) is 0.428. The molecule has 0 saturated heterocycles. The van der Waals surface area contributed by atoms with Crippen LogP contribution in [0.5, 0.6) is 11.5 Å². The van der Waals surface area contributed by atoms with Crippen molar-refractivity contribution in [3.63, 3.8) is 0 Å². The predicted molar refractivity (Wildman–Crippen MR) is 70.0 cm³/mol. The number of phenols is 2. The minimum absolute atomic E-state index is 0.0379. The highest BCUT2D eigenvalue weighted by Crippen LogP contribution is 2.25. The standard InChI is InChI=1S/C12H17NO3S/c1-13(2)5-6-17-8-12(16)9-3-4-10(14)11(15)7-9/h3-4,7,14-15H,5-6,8H2,1-2H3. The van der Waals surface area contributed by atoms with E-state index in [2.05, 4.69) is 4.90 Å². The van der Waals surface area contributed by atoms with Crippen LogP contribution in [0.15, 0.2) is 18.2 Å². The summed E-state index contributed by atoms with van der Waals surface area (Å²) in [6.45, 7) is 0.929. The van der Waals surface area contributed by atoms with Crippen LogP contribution < -0.4 is 0 Å². The molecule has 0 aliphatic carbocycles. The lowest BCUT2D eigenvalue weighted by molar-refractivity contribution is 0.102. The first-order chi connectivity index (χ1) is 8.00. The molecule has 0 spiro atoms. The van der Waals surface area contributed by atoms with E-state index in [0.29, 0.717) is 11.3 Å². The lowest BCUT2D eigenvalue weighted by Gasteiger charge is -2.08. The Hall–Kier alpha value is -1.20. The van der Waals surface area contributed by atoms with Gasteiger partial charge in [-0.1, -0.05) is 0 Å². The van der Waals surface area contributed by atoms with Gasteiger partial charge in [-0.2, -0.15) is 11.8 Å². The van der Waals surface area contributed by atoms with Crippen molar-refractivity contribution < 1.29 is 15.0 Å². The zero-order valence-corrected chi connectivity index (χ0v) is 10.8. The highest BCUT2D eigenvalue weighted by Gasteiger charge is 2.08. The molecule has 0 radical (unpaired) electrons. The van der Waals surface area contributed by atoms with Crippen LogP contribution in [0.25, 0.3) is 0 Å². The number of hydrogen-bond donors (Lipinski definition) is 2. The van der Waals surface area contributed by atoms with E-state index in [1.165, 1.54) is 18.2 Å². The van der Waals surface area contributed by atoms with Gasteiger partial charge in [-0.25, -0.2) is 0 Å². The second kappa shape index (κ2) is 6.51. The van der Waals surface area contributed by atoms with Crippen LogP contribution in [-0.2, 0) is 0 Å². The average molecular weight is 255 g/mol. The molecule has 1 rings (SSSR count). The van der Waals surface area contributed by atoms with Gasteiger partial charge in [0.05, 0.1) is 5.75 Å². The molecule has 5 heteroatoms.